The number of rotatable bonds is 8. The largest absolute Gasteiger partial charge is 0.324 e. The topological polar surface area (TPSA) is 125 Å². The highest BCUT2D eigenvalue weighted by Gasteiger charge is 2.21. The number of carbonyl (C=O) groups is 1. The molecule has 1 saturated heterocycles. The van der Waals surface area contributed by atoms with Crippen molar-refractivity contribution in [3.8, 4) is 0 Å². The third-order valence-corrected chi connectivity index (χ3v) is 7.43. The first-order valence-electron chi connectivity index (χ1n) is 13.7. The Morgan fingerprint density at radius 3 is 2.46 bits per heavy atom. The zero-order chi connectivity index (χ0) is 26.6. The van der Waals surface area contributed by atoms with E-state index in [4.69, 9.17) is 9.97 Å². The molecule has 1 saturated carbocycles. The number of pyridine rings is 1. The highest BCUT2D eigenvalue weighted by Crippen LogP contribution is 2.25. The lowest BCUT2D eigenvalue weighted by atomic mass is 10.0. The first-order valence-corrected chi connectivity index (χ1v) is 13.7. The molecule has 1 aromatic carbocycles. The molecule has 1 amide bonds. The number of nitrogens with one attached hydrogen (secondary N) is 4. The van der Waals surface area contributed by atoms with E-state index in [-0.39, 0.29) is 5.91 Å². The fourth-order valence-corrected chi connectivity index (χ4v) is 5.11. The number of anilines is 4. The molecule has 4 heterocycles. The van der Waals surface area contributed by atoms with Crippen molar-refractivity contribution in [2.24, 2.45) is 5.92 Å². The summed E-state index contributed by atoms with van der Waals surface area (Å²) in [5.41, 5.74) is 10.2. The predicted octanol–water partition coefficient (Wildman–Crippen LogP) is 4.57. The van der Waals surface area contributed by atoms with E-state index in [2.05, 4.69) is 38.4 Å². The number of piperidine rings is 1. The van der Waals surface area contributed by atoms with Gasteiger partial charge in [0.15, 0.2) is 5.65 Å². The summed E-state index contributed by atoms with van der Waals surface area (Å²) < 4.78 is 1.92. The quantitative estimate of drug-likeness (QED) is 0.261. The van der Waals surface area contributed by atoms with Gasteiger partial charge in [-0.05, 0) is 68.0 Å². The van der Waals surface area contributed by atoms with Gasteiger partial charge >= 0.3 is 0 Å². The zero-order valence-corrected chi connectivity index (χ0v) is 22.1. The minimum Gasteiger partial charge on any atom is -0.324 e. The van der Waals surface area contributed by atoms with E-state index >= 15 is 0 Å². The van der Waals surface area contributed by atoms with E-state index in [0.717, 1.165) is 50.1 Å². The summed E-state index contributed by atoms with van der Waals surface area (Å²) in [6, 6.07) is 11.5. The normalized spacial score (nSPS) is 16.8. The van der Waals surface area contributed by atoms with Gasteiger partial charge in [-0.15, -0.1) is 0 Å². The molecule has 2 fully saturated rings. The number of aromatic nitrogens is 5. The van der Waals surface area contributed by atoms with Crippen molar-refractivity contribution >= 4 is 40.3 Å². The minimum absolute atomic E-state index is 0.0932. The Hall–Kier alpha value is -4.25. The van der Waals surface area contributed by atoms with Gasteiger partial charge in [-0.1, -0.05) is 19.8 Å². The number of benzene rings is 1. The molecule has 202 valence electrons. The number of hydrogen-bond donors (Lipinski definition) is 4. The molecular weight excluding hydrogens is 492 g/mol. The summed E-state index contributed by atoms with van der Waals surface area (Å²) in [4.78, 5) is 30.9. The van der Waals surface area contributed by atoms with Gasteiger partial charge in [-0.25, -0.2) is 19.7 Å². The molecule has 11 nitrogen and oxygen atoms in total. The predicted molar refractivity (Wildman–Crippen MR) is 152 cm³/mol. The van der Waals surface area contributed by atoms with Crippen LogP contribution in [-0.4, -0.2) is 54.7 Å². The summed E-state index contributed by atoms with van der Waals surface area (Å²) in [5, 5.41) is 8.63. The maximum atomic E-state index is 12.7. The SMILES string of the molecule is CC1CCN(NC(=O)c2ccc(Nc3ncc4nc(Nc5cccnc5)n(NC5CCCC5)c4n3)cc2)CC1. The Morgan fingerprint density at radius 1 is 0.923 bits per heavy atom. The van der Waals surface area contributed by atoms with Crippen LogP contribution in [0, 0.1) is 5.92 Å². The maximum absolute atomic E-state index is 12.7. The number of nitrogens with zero attached hydrogens (tertiary/aromatic N) is 6. The van der Waals surface area contributed by atoms with E-state index in [1.54, 1.807) is 18.6 Å². The molecule has 1 aliphatic carbocycles. The fraction of sp³-hybridized carbons (Fsp3) is 0.393. The van der Waals surface area contributed by atoms with Gasteiger partial charge in [-0.2, -0.15) is 4.98 Å². The molecule has 0 radical (unpaired) electrons. The lowest BCUT2D eigenvalue weighted by Crippen LogP contribution is -2.46. The lowest BCUT2D eigenvalue weighted by molar-refractivity contribution is 0.0712. The number of hydrazine groups is 1. The number of hydrogen-bond acceptors (Lipinski definition) is 9. The second kappa shape index (κ2) is 11.2. The molecule has 0 spiro atoms. The van der Waals surface area contributed by atoms with Crippen molar-refractivity contribution in [1.29, 1.82) is 0 Å². The molecule has 11 heteroatoms. The zero-order valence-electron chi connectivity index (χ0n) is 22.1. The van der Waals surface area contributed by atoms with Crippen LogP contribution in [0.1, 0.15) is 55.8 Å². The van der Waals surface area contributed by atoms with Crippen molar-refractivity contribution in [1.82, 2.24) is 35.0 Å². The Bertz CT molecular complexity index is 1410. The molecule has 4 N–H and O–H groups in total. The summed E-state index contributed by atoms with van der Waals surface area (Å²) in [6.45, 7) is 4.03. The van der Waals surface area contributed by atoms with Crippen LogP contribution in [0.3, 0.4) is 0 Å². The summed E-state index contributed by atoms with van der Waals surface area (Å²) >= 11 is 0. The van der Waals surface area contributed by atoms with E-state index in [9.17, 15) is 4.79 Å². The highest BCUT2D eigenvalue weighted by molar-refractivity contribution is 5.94. The first-order chi connectivity index (χ1) is 19.1. The fourth-order valence-electron chi connectivity index (χ4n) is 5.11. The maximum Gasteiger partial charge on any atom is 0.265 e. The standard InChI is InChI=1S/C28H34N10O/c1-19-12-15-37(16-13-19)36-26(39)20-8-10-21(11-9-20)31-27-30-18-24-25(34-27)38(35-22-5-2-3-6-22)28(33-24)32-23-7-4-14-29-17-23/h4,7-11,14,17-19,22,35H,2-3,5-6,12-13,15-16H2,1H3,(H,32,33)(H,36,39)(H,30,31,34). The van der Waals surface area contributed by atoms with Crippen molar-refractivity contribution in [3.05, 3.63) is 60.6 Å². The summed E-state index contributed by atoms with van der Waals surface area (Å²) in [5.74, 6) is 1.70. The highest BCUT2D eigenvalue weighted by atomic mass is 16.2. The Morgan fingerprint density at radius 2 is 1.72 bits per heavy atom. The van der Waals surface area contributed by atoms with Gasteiger partial charge < -0.3 is 16.1 Å². The molecule has 0 unspecified atom stereocenters. The molecule has 0 bridgehead atoms. The Balaban J connectivity index is 1.19. The van der Waals surface area contributed by atoms with Crippen LogP contribution in [0.2, 0.25) is 0 Å². The van der Waals surface area contributed by atoms with Gasteiger partial charge in [0.1, 0.15) is 5.52 Å². The summed E-state index contributed by atoms with van der Waals surface area (Å²) in [7, 11) is 0. The van der Waals surface area contributed by atoms with Crippen molar-refractivity contribution in [2.45, 2.75) is 51.5 Å². The molecule has 6 rings (SSSR count). The molecular formula is C28H34N10O. The smallest absolute Gasteiger partial charge is 0.265 e. The number of fused-ring (bicyclic) bond motifs is 1. The molecule has 1 aliphatic heterocycles. The van der Waals surface area contributed by atoms with Crippen LogP contribution in [-0.2, 0) is 0 Å². The Labute approximate surface area is 227 Å². The first kappa shape index (κ1) is 25.1. The number of amides is 1. The summed E-state index contributed by atoms with van der Waals surface area (Å²) in [6.07, 6.45) is 12.1. The van der Waals surface area contributed by atoms with Crippen LogP contribution in [0.5, 0.6) is 0 Å². The lowest BCUT2D eigenvalue weighted by Gasteiger charge is -2.30. The average Bonchev–Trinajstić information content (AvgIpc) is 3.59. The van der Waals surface area contributed by atoms with E-state index in [1.807, 2.05) is 46.1 Å². The third kappa shape index (κ3) is 5.93. The van der Waals surface area contributed by atoms with Gasteiger partial charge in [0.05, 0.1) is 18.1 Å². The van der Waals surface area contributed by atoms with Crippen molar-refractivity contribution in [3.63, 3.8) is 0 Å². The second-order valence-corrected chi connectivity index (χ2v) is 10.5. The van der Waals surface area contributed by atoms with Gasteiger partial charge in [0, 0.05) is 36.6 Å². The minimum atomic E-state index is -0.0932. The molecule has 0 atom stereocenters. The van der Waals surface area contributed by atoms with Crippen LogP contribution < -0.4 is 21.5 Å². The van der Waals surface area contributed by atoms with Crippen LogP contribution in [0.25, 0.3) is 11.2 Å². The van der Waals surface area contributed by atoms with Crippen LogP contribution in [0.4, 0.5) is 23.3 Å². The monoisotopic (exact) mass is 526 g/mol. The molecule has 39 heavy (non-hydrogen) atoms. The Kier molecular flexibility index (Phi) is 7.22. The van der Waals surface area contributed by atoms with Crippen molar-refractivity contribution in [2.75, 3.05) is 29.1 Å². The second-order valence-electron chi connectivity index (χ2n) is 10.5. The van der Waals surface area contributed by atoms with Gasteiger partial charge in [0.2, 0.25) is 11.9 Å². The number of carbonyl (C=O) groups excluding carboxylic acids is 1. The number of imidazole rings is 1. The molecule has 4 aromatic rings. The van der Waals surface area contributed by atoms with Crippen molar-refractivity contribution < 1.29 is 4.79 Å². The van der Waals surface area contributed by atoms with Crippen LogP contribution in [0.15, 0.2) is 55.0 Å². The third-order valence-electron chi connectivity index (χ3n) is 7.43. The van der Waals surface area contributed by atoms with Gasteiger partial charge in [0.25, 0.3) is 5.91 Å². The molecule has 3 aromatic heterocycles. The van der Waals surface area contributed by atoms with E-state index < -0.39 is 0 Å². The average molecular weight is 527 g/mol. The molecule has 2 aliphatic rings. The van der Waals surface area contributed by atoms with Crippen LogP contribution >= 0.6 is 0 Å². The van der Waals surface area contributed by atoms with E-state index in [0.29, 0.717) is 40.6 Å². The van der Waals surface area contributed by atoms with Gasteiger partial charge in [-0.3, -0.25) is 15.2 Å². The van der Waals surface area contributed by atoms with E-state index in [1.165, 1.54) is 12.8 Å².